The van der Waals surface area contributed by atoms with E-state index in [1.54, 1.807) is 30.3 Å². The number of phenolic OH excluding ortho intramolecular Hbond substituents is 1. The highest BCUT2D eigenvalue weighted by Crippen LogP contribution is 2.43. The molecule has 0 radical (unpaired) electrons. The number of allylic oxidation sites excluding steroid dienone is 1. The summed E-state index contributed by atoms with van der Waals surface area (Å²) in [6.45, 7) is 0.346. The average molecular weight is 375 g/mol. The number of benzene rings is 2. The van der Waals surface area contributed by atoms with E-state index in [4.69, 9.17) is 26.2 Å². The Morgan fingerprint density at radius 1 is 1.15 bits per heavy atom. The summed E-state index contributed by atoms with van der Waals surface area (Å²) < 4.78 is 12.0. The molecule has 2 aromatic carbocycles. The van der Waals surface area contributed by atoms with Crippen LogP contribution in [0, 0.1) is 5.92 Å². The molecule has 5 nitrogen and oxygen atoms in total. The highest BCUT2D eigenvalue weighted by atomic mass is 35.5. The van der Waals surface area contributed by atoms with Gasteiger partial charge in [-0.1, -0.05) is 54.1 Å². The number of ether oxygens (including phenoxy) is 2. The van der Waals surface area contributed by atoms with Gasteiger partial charge in [0.25, 0.3) is 0 Å². The second kappa shape index (κ2) is 8.36. The highest BCUT2D eigenvalue weighted by molar-refractivity contribution is 6.31. The normalized spacial score (nSPS) is 23.2. The van der Waals surface area contributed by atoms with Crippen molar-refractivity contribution in [2.75, 3.05) is 6.61 Å². The molecule has 1 saturated heterocycles. The van der Waals surface area contributed by atoms with Gasteiger partial charge < -0.3 is 19.7 Å². The monoisotopic (exact) mass is 374 g/mol. The van der Waals surface area contributed by atoms with Gasteiger partial charge in [-0.05, 0) is 18.6 Å². The van der Waals surface area contributed by atoms with Crippen LogP contribution in [0.1, 0.15) is 29.9 Å². The van der Waals surface area contributed by atoms with Crippen molar-refractivity contribution in [3.05, 3.63) is 76.8 Å². The van der Waals surface area contributed by atoms with Crippen molar-refractivity contribution >= 4 is 17.6 Å². The van der Waals surface area contributed by atoms with E-state index >= 15 is 0 Å². The average Bonchev–Trinajstić information content (AvgIpc) is 2.63. The lowest BCUT2D eigenvalue weighted by Crippen LogP contribution is -2.30. The van der Waals surface area contributed by atoms with Crippen molar-refractivity contribution in [2.24, 2.45) is 5.92 Å². The zero-order valence-corrected chi connectivity index (χ0v) is 14.7. The fraction of sp³-hybridized carbons (Fsp3) is 0.250. The molecular weight excluding hydrogens is 356 g/mol. The zero-order valence-electron chi connectivity index (χ0n) is 13.9. The molecule has 0 aliphatic carbocycles. The maximum absolute atomic E-state index is 10.7. The topological polar surface area (TPSA) is 76.0 Å². The van der Waals surface area contributed by atoms with Crippen LogP contribution in [0.25, 0.3) is 0 Å². The Kier molecular flexibility index (Phi) is 5.93. The van der Waals surface area contributed by atoms with Gasteiger partial charge in [0, 0.05) is 28.1 Å². The molecule has 136 valence electrons. The minimum Gasteiger partial charge on any atom is -0.508 e. The van der Waals surface area contributed by atoms with Crippen LogP contribution in [-0.2, 0) is 14.3 Å². The number of rotatable bonds is 5. The van der Waals surface area contributed by atoms with Crippen molar-refractivity contribution in [2.45, 2.75) is 18.8 Å². The molecule has 0 bridgehead atoms. The second-order valence-electron chi connectivity index (χ2n) is 6.04. The van der Waals surface area contributed by atoms with Crippen molar-refractivity contribution in [3.63, 3.8) is 0 Å². The molecule has 3 atom stereocenters. The summed E-state index contributed by atoms with van der Waals surface area (Å²) in [6.07, 6.45) is 2.00. The van der Waals surface area contributed by atoms with E-state index in [2.05, 4.69) is 0 Å². The summed E-state index contributed by atoms with van der Waals surface area (Å²) >= 11 is 6.25. The first-order chi connectivity index (χ1) is 12.6. The molecule has 2 aromatic rings. The number of para-hydroxylation sites is 1. The molecule has 3 rings (SSSR count). The van der Waals surface area contributed by atoms with Gasteiger partial charge in [0.15, 0.2) is 6.29 Å². The largest absolute Gasteiger partial charge is 0.508 e. The summed E-state index contributed by atoms with van der Waals surface area (Å²) in [4.78, 5) is 10.7. The van der Waals surface area contributed by atoms with Gasteiger partial charge in [0.2, 0.25) is 0 Å². The third kappa shape index (κ3) is 4.25. The maximum Gasteiger partial charge on any atom is 0.327 e. The van der Waals surface area contributed by atoms with Crippen molar-refractivity contribution in [3.8, 4) is 5.75 Å². The summed E-state index contributed by atoms with van der Waals surface area (Å²) in [5, 5.41) is 19.6. The lowest BCUT2D eigenvalue weighted by molar-refractivity contribution is -0.244. The number of aromatic hydroxyl groups is 1. The first kappa shape index (κ1) is 18.5. The van der Waals surface area contributed by atoms with Gasteiger partial charge >= 0.3 is 5.97 Å². The van der Waals surface area contributed by atoms with E-state index in [9.17, 15) is 9.90 Å². The van der Waals surface area contributed by atoms with Gasteiger partial charge in [0.05, 0.1) is 12.7 Å². The number of phenols is 1. The predicted octanol–water partition coefficient (Wildman–Crippen LogP) is 4.48. The van der Waals surface area contributed by atoms with Crippen LogP contribution >= 0.6 is 11.6 Å². The SMILES string of the molecule is O=C(O)/C=C/C[C@@H]1CO[C@H](c2ccccc2Cl)OC1c1ccccc1O. The molecule has 1 unspecified atom stereocenters. The summed E-state index contributed by atoms with van der Waals surface area (Å²) in [5.41, 5.74) is 1.36. The number of halogens is 1. The van der Waals surface area contributed by atoms with Gasteiger partial charge in [-0.3, -0.25) is 0 Å². The first-order valence-corrected chi connectivity index (χ1v) is 8.63. The molecule has 1 fully saturated rings. The van der Waals surface area contributed by atoms with E-state index in [0.29, 0.717) is 29.2 Å². The van der Waals surface area contributed by atoms with E-state index in [1.165, 1.54) is 0 Å². The van der Waals surface area contributed by atoms with Crippen LogP contribution < -0.4 is 0 Å². The Balaban J connectivity index is 1.87. The minimum absolute atomic E-state index is 0.129. The molecule has 0 saturated carbocycles. The summed E-state index contributed by atoms with van der Waals surface area (Å²) in [6, 6.07) is 14.2. The van der Waals surface area contributed by atoms with Crippen LogP contribution in [0.15, 0.2) is 60.7 Å². The highest BCUT2D eigenvalue weighted by Gasteiger charge is 2.35. The molecular formula is C20H19ClO5. The molecule has 0 amide bonds. The van der Waals surface area contributed by atoms with E-state index in [1.807, 2.05) is 24.3 Å². The van der Waals surface area contributed by atoms with Gasteiger partial charge in [-0.25, -0.2) is 4.79 Å². The zero-order chi connectivity index (χ0) is 18.5. The molecule has 0 aromatic heterocycles. The Labute approximate surface area is 156 Å². The van der Waals surface area contributed by atoms with Crippen LogP contribution in [-0.4, -0.2) is 22.8 Å². The third-order valence-corrected chi connectivity index (χ3v) is 4.61. The maximum atomic E-state index is 10.7. The molecule has 2 N–H and O–H groups in total. The van der Waals surface area contributed by atoms with E-state index < -0.39 is 18.4 Å². The standard InChI is InChI=1S/C20H19ClO5/c21-16-9-3-1-7-14(16)20-25-12-13(6-5-11-18(23)24)19(26-20)15-8-2-4-10-17(15)22/h1-5,7-11,13,19-20,22H,6,12H2,(H,23,24)/b11-5+/t13-,19?,20+/m1/s1. The smallest absolute Gasteiger partial charge is 0.327 e. The fourth-order valence-corrected chi connectivity index (χ4v) is 3.23. The van der Waals surface area contributed by atoms with Crippen LogP contribution in [0.4, 0.5) is 0 Å². The fourth-order valence-electron chi connectivity index (χ4n) is 3.00. The van der Waals surface area contributed by atoms with Crippen molar-refractivity contribution in [1.82, 2.24) is 0 Å². The van der Waals surface area contributed by atoms with Gasteiger partial charge in [0.1, 0.15) is 5.75 Å². The number of aliphatic carboxylic acids is 1. The van der Waals surface area contributed by atoms with Crippen molar-refractivity contribution in [1.29, 1.82) is 0 Å². The number of hydrogen-bond donors (Lipinski definition) is 2. The predicted molar refractivity (Wildman–Crippen MR) is 97.0 cm³/mol. The van der Waals surface area contributed by atoms with E-state index in [-0.39, 0.29) is 11.7 Å². The molecule has 0 spiro atoms. The molecule has 1 aliphatic heterocycles. The Bertz CT molecular complexity index is 804. The summed E-state index contributed by atoms with van der Waals surface area (Å²) in [5.74, 6) is -1.02. The Morgan fingerprint density at radius 2 is 1.85 bits per heavy atom. The number of carbonyl (C=O) groups is 1. The third-order valence-electron chi connectivity index (χ3n) is 4.26. The molecule has 1 aliphatic rings. The van der Waals surface area contributed by atoms with E-state index in [0.717, 1.165) is 6.08 Å². The van der Waals surface area contributed by atoms with Gasteiger partial charge in [-0.2, -0.15) is 0 Å². The second-order valence-corrected chi connectivity index (χ2v) is 6.45. The summed E-state index contributed by atoms with van der Waals surface area (Å²) in [7, 11) is 0. The molecule has 26 heavy (non-hydrogen) atoms. The van der Waals surface area contributed by atoms with Gasteiger partial charge in [-0.15, -0.1) is 0 Å². The molecule has 6 heteroatoms. The van der Waals surface area contributed by atoms with Crippen LogP contribution in [0.2, 0.25) is 5.02 Å². The number of carboxylic acids is 1. The van der Waals surface area contributed by atoms with Crippen LogP contribution in [0.3, 0.4) is 0 Å². The first-order valence-electron chi connectivity index (χ1n) is 8.25. The van der Waals surface area contributed by atoms with Crippen molar-refractivity contribution < 1.29 is 24.5 Å². The quantitative estimate of drug-likeness (QED) is 0.754. The number of hydrogen-bond acceptors (Lipinski definition) is 4. The molecule has 1 heterocycles. The Morgan fingerprint density at radius 3 is 2.54 bits per heavy atom. The lowest BCUT2D eigenvalue weighted by Gasteiger charge is -2.37. The minimum atomic E-state index is -1.00. The Hall–Kier alpha value is -2.34. The van der Waals surface area contributed by atoms with Crippen LogP contribution in [0.5, 0.6) is 5.75 Å². The number of carboxylic acid groups (broad SMARTS) is 1. The lowest BCUT2D eigenvalue weighted by atomic mass is 9.91.